The van der Waals surface area contributed by atoms with Crippen LogP contribution in [-0.4, -0.2) is 63.7 Å². The molecule has 1 rings (SSSR count). The summed E-state index contributed by atoms with van der Waals surface area (Å²) in [5.41, 5.74) is 1.85. The van der Waals surface area contributed by atoms with Crippen molar-refractivity contribution in [1.82, 2.24) is 15.5 Å². The van der Waals surface area contributed by atoms with Gasteiger partial charge in [-0.3, -0.25) is 9.79 Å². The Balaban J connectivity index is 2.48. The minimum Gasteiger partial charge on any atom is -0.382 e. The summed E-state index contributed by atoms with van der Waals surface area (Å²) in [4.78, 5) is 18.2. The Labute approximate surface area is 151 Å². The van der Waals surface area contributed by atoms with Crippen molar-refractivity contribution in [2.45, 2.75) is 26.7 Å². The molecule has 0 saturated heterocycles. The quantitative estimate of drug-likeness (QED) is 0.385. The first-order valence-corrected chi connectivity index (χ1v) is 8.99. The molecule has 0 atom stereocenters. The van der Waals surface area contributed by atoms with Gasteiger partial charge in [-0.05, 0) is 44.4 Å². The van der Waals surface area contributed by atoms with Crippen molar-refractivity contribution in [3.8, 4) is 0 Å². The van der Waals surface area contributed by atoms with Gasteiger partial charge < -0.3 is 20.3 Å². The van der Waals surface area contributed by atoms with Crippen molar-refractivity contribution in [1.29, 1.82) is 0 Å². The third kappa shape index (κ3) is 8.54. The molecule has 1 amide bonds. The van der Waals surface area contributed by atoms with Crippen molar-refractivity contribution in [2.75, 3.05) is 46.9 Å². The predicted molar refractivity (Wildman–Crippen MR) is 103 cm³/mol. The minimum absolute atomic E-state index is 0.0269. The predicted octanol–water partition coefficient (Wildman–Crippen LogP) is 1.91. The van der Waals surface area contributed by atoms with Crippen molar-refractivity contribution in [2.24, 2.45) is 4.99 Å². The van der Waals surface area contributed by atoms with E-state index in [1.54, 1.807) is 19.0 Å². The third-order valence-corrected chi connectivity index (χ3v) is 3.55. The molecule has 6 nitrogen and oxygen atoms in total. The maximum absolute atomic E-state index is 12.0. The average molecular weight is 348 g/mol. The fraction of sp³-hybridized carbons (Fsp3) is 0.579. The Morgan fingerprint density at radius 1 is 1.24 bits per heavy atom. The first-order chi connectivity index (χ1) is 12.1. The molecule has 140 valence electrons. The molecule has 0 unspecified atom stereocenters. The van der Waals surface area contributed by atoms with Gasteiger partial charge >= 0.3 is 0 Å². The number of guanidine groups is 1. The Bertz CT molecular complexity index is 544. The van der Waals surface area contributed by atoms with Crippen LogP contribution in [0.4, 0.5) is 0 Å². The van der Waals surface area contributed by atoms with Gasteiger partial charge in [-0.2, -0.15) is 0 Å². The molecule has 0 aliphatic carbocycles. The molecule has 0 saturated carbocycles. The molecular formula is C19H32N4O2. The van der Waals surface area contributed by atoms with Gasteiger partial charge in [-0.25, -0.2) is 0 Å². The number of aliphatic imine (C=N–C) groups is 1. The molecule has 1 aromatic carbocycles. The fourth-order valence-electron chi connectivity index (χ4n) is 2.29. The summed E-state index contributed by atoms with van der Waals surface area (Å²) < 4.78 is 5.32. The van der Waals surface area contributed by atoms with Gasteiger partial charge in [0.2, 0.25) is 0 Å². The van der Waals surface area contributed by atoms with Crippen LogP contribution in [0.5, 0.6) is 0 Å². The molecule has 0 spiro atoms. The van der Waals surface area contributed by atoms with E-state index < -0.39 is 0 Å². The SMILES string of the molecule is CCNC(=NCCCOCC)NCCc1cccc(C(=O)N(C)C)c1. The maximum Gasteiger partial charge on any atom is 0.253 e. The number of hydrogen-bond acceptors (Lipinski definition) is 3. The number of hydrogen-bond donors (Lipinski definition) is 2. The van der Waals surface area contributed by atoms with Crippen LogP contribution >= 0.6 is 0 Å². The van der Waals surface area contributed by atoms with E-state index in [-0.39, 0.29) is 5.91 Å². The van der Waals surface area contributed by atoms with Crippen LogP contribution in [0.15, 0.2) is 29.3 Å². The Morgan fingerprint density at radius 3 is 2.72 bits per heavy atom. The Morgan fingerprint density at radius 2 is 2.04 bits per heavy atom. The number of nitrogens with zero attached hydrogens (tertiary/aromatic N) is 2. The van der Waals surface area contributed by atoms with Crippen LogP contribution in [-0.2, 0) is 11.2 Å². The Hall–Kier alpha value is -2.08. The van der Waals surface area contributed by atoms with Crippen LogP contribution in [0.1, 0.15) is 36.2 Å². The second-order valence-electron chi connectivity index (χ2n) is 5.89. The molecule has 0 aliphatic heterocycles. The summed E-state index contributed by atoms with van der Waals surface area (Å²) in [6.07, 6.45) is 1.75. The minimum atomic E-state index is 0.0269. The standard InChI is InChI=1S/C19H32N4O2/c1-5-20-19(21-12-8-14-25-6-2)22-13-11-16-9-7-10-17(15-16)18(24)23(3)4/h7,9-10,15H,5-6,8,11-14H2,1-4H3,(H2,20,21,22). The largest absolute Gasteiger partial charge is 0.382 e. The highest BCUT2D eigenvalue weighted by molar-refractivity contribution is 5.94. The van der Waals surface area contributed by atoms with Crippen molar-refractivity contribution in [3.05, 3.63) is 35.4 Å². The lowest BCUT2D eigenvalue weighted by Crippen LogP contribution is -2.38. The van der Waals surface area contributed by atoms with Crippen LogP contribution in [0, 0.1) is 0 Å². The summed E-state index contributed by atoms with van der Waals surface area (Å²) in [5.74, 6) is 0.846. The van der Waals surface area contributed by atoms with Crippen molar-refractivity contribution < 1.29 is 9.53 Å². The van der Waals surface area contributed by atoms with Gasteiger partial charge in [0.1, 0.15) is 0 Å². The second kappa shape index (κ2) is 12.3. The van der Waals surface area contributed by atoms with Gasteiger partial charge in [0, 0.05) is 52.5 Å². The summed E-state index contributed by atoms with van der Waals surface area (Å²) in [6, 6.07) is 7.78. The zero-order valence-electron chi connectivity index (χ0n) is 16.0. The summed E-state index contributed by atoms with van der Waals surface area (Å²) in [5, 5.41) is 6.58. The molecule has 1 aromatic rings. The van der Waals surface area contributed by atoms with E-state index in [1.807, 2.05) is 38.1 Å². The number of nitrogens with one attached hydrogen (secondary N) is 2. The highest BCUT2D eigenvalue weighted by Gasteiger charge is 2.08. The molecule has 0 heterocycles. The van der Waals surface area contributed by atoms with E-state index in [9.17, 15) is 4.79 Å². The zero-order chi connectivity index (χ0) is 18.5. The average Bonchev–Trinajstić information content (AvgIpc) is 2.61. The van der Waals surface area contributed by atoms with E-state index in [4.69, 9.17) is 4.74 Å². The van der Waals surface area contributed by atoms with E-state index in [2.05, 4.69) is 15.6 Å². The summed E-state index contributed by atoms with van der Waals surface area (Å²) in [7, 11) is 3.53. The van der Waals surface area contributed by atoms with Gasteiger partial charge in [-0.1, -0.05) is 12.1 Å². The molecule has 0 fully saturated rings. The zero-order valence-corrected chi connectivity index (χ0v) is 16.0. The van der Waals surface area contributed by atoms with Crippen LogP contribution in [0.3, 0.4) is 0 Å². The second-order valence-corrected chi connectivity index (χ2v) is 5.89. The van der Waals surface area contributed by atoms with E-state index in [0.717, 1.165) is 62.8 Å². The molecule has 25 heavy (non-hydrogen) atoms. The third-order valence-electron chi connectivity index (χ3n) is 3.55. The van der Waals surface area contributed by atoms with E-state index in [1.165, 1.54) is 0 Å². The lowest BCUT2D eigenvalue weighted by Gasteiger charge is -2.13. The monoisotopic (exact) mass is 348 g/mol. The molecule has 0 radical (unpaired) electrons. The molecule has 0 aromatic heterocycles. The fourth-order valence-corrected chi connectivity index (χ4v) is 2.29. The molecule has 6 heteroatoms. The lowest BCUT2D eigenvalue weighted by molar-refractivity contribution is 0.0827. The summed E-state index contributed by atoms with van der Waals surface area (Å²) >= 11 is 0. The van der Waals surface area contributed by atoms with E-state index >= 15 is 0 Å². The molecule has 2 N–H and O–H groups in total. The maximum atomic E-state index is 12.0. The molecule has 0 aliphatic rings. The lowest BCUT2D eigenvalue weighted by atomic mass is 10.1. The highest BCUT2D eigenvalue weighted by Crippen LogP contribution is 2.07. The number of amides is 1. The van der Waals surface area contributed by atoms with E-state index in [0.29, 0.717) is 0 Å². The normalized spacial score (nSPS) is 11.3. The van der Waals surface area contributed by atoms with Gasteiger partial charge in [-0.15, -0.1) is 0 Å². The first kappa shape index (κ1) is 21.0. The van der Waals surface area contributed by atoms with Gasteiger partial charge in [0.05, 0.1) is 0 Å². The van der Waals surface area contributed by atoms with Crippen LogP contribution in [0.2, 0.25) is 0 Å². The summed E-state index contributed by atoms with van der Waals surface area (Å²) in [6.45, 7) is 7.86. The number of benzene rings is 1. The van der Waals surface area contributed by atoms with Gasteiger partial charge in [0.15, 0.2) is 5.96 Å². The van der Waals surface area contributed by atoms with Crippen LogP contribution < -0.4 is 10.6 Å². The van der Waals surface area contributed by atoms with Crippen molar-refractivity contribution >= 4 is 11.9 Å². The highest BCUT2D eigenvalue weighted by atomic mass is 16.5. The molecular weight excluding hydrogens is 316 g/mol. The smallest absolute Gasteiger partial charge is 0.253 e. The molecule has 0 bridgehead atoms. The van der Waals surface area contributed by atoms with Crippen LogP contribution in [0.25, 0.3) is 0 Å². The Kier molecular flexibility index (Phi) is 10.3. The number of rotatable bonds is 10. The van der Waals surface area contributed by atoms with Crippen molar-refractivity contribution in [3.63, 3.8) is 0 Å². The first-order valence-electron chi connectivity index (χ1n) is 8.99. The number of ether oxygens (including phenoxy) is 1. The topological polar surface area (TPSA) is 66.0 Å². The van der Waals surface area contributed by atoms with Gasteiger partial charge in [0.25, 0.3) is 5.91 Å². The number of carbonyl (C=O) groups excluding carboxylic acids is 1. The number of carbonyl (C=O) groups is 1.